The zero-order valence-electron chi connectivity index (χ0n) is 14.8. The largest absolute Gasteiger partial charge is 0.419 e. The third kappa shape index (κ3) is 5.55. The molecule has 0 aliphatic rings. The third-order valence-corrected chi connectivity index (χ3v) is 3.77. The van der Waals surface area contributed by atoms with Crippen LogP contribution in [0.3, 0.4) is 0 Å². The highest BCUT2D eigenvalue weighted by Crippen LogP contribution is 2.19. The second-order valence-corrected chi connectivity index (χ2v) is 5.92. The van der Waals surface area contributed by atoms with E-state index in [0.717, 1.165) is 0 Å². The average molecular weight is 401 g/mol. The maximum atomic E-state index is 12.1. The Hall–Kier alpha value is -3.87. The van der Waals surface area contributed by atoms with Crippen molar-refractivity contribution >= 4 is 11.6 Å². The van der Waals surface area contributed by atoms with Gasteiger partial charge in [-0.05, 0) is 48.5 Å². The highest BCUT2D eigenvalue weighted by atomic mass is 19.4. The van der Waals surface area contributed by atoms with E-state index in [-0.39, 0.29) is 12.1 Å². The Morgan fingerprint density at radius 1 is 1.07 bits per heavy atom. The van der Waals surface area contributed by atoms with E-state index in [9.17, 15) is 18.0 Å². The van der Waals surface area contributed by atoms with Gasteiger partial charge in [-0.3, -0.25) is 4.79 Å². The minimum Gasteiger partial charge on any atom is -0.419 e. The van der Waals surface area contributed by atoms with Crippen molar-refractivity contribution in [3.63, 3.8) is 0 Å². The maximum absolute atomic E-state index is 12.1. The minimum absolute atomic E-state index is 0.112. The fourth-order valence-electron chi connectivity index (χ4n) is 2.33. The molecule has 0 spiro atoms. The van der Waals surface area contributed by atoms with Crippen LogP contribution >= 0.6 is 0 Å². The molecule has 1 heterocycles. The summed E-state index contributed by atoms with van der Waals surface area (Å²) < 4.78 is 42.0. The Morgan fingerprint density at radius 3 is 2.38 bits per heavy atom. The average Bonchev–Trinajstić information content (AvgIpc) is 3.19. The van der Waals surface area contributed by atoms with Gasteiger partial charge in [-0.1, -0.05) is 0 Å². The first-order valence-corrected chi connectivity index (χ1v) is 8.36. The molecule has 0 fully saturated rings. The summed E-state index contributed by atoms with van der Waals surface area (Å²) in [5.74, 6) is -0.183. The Labute approximate surface area is 163 Å². The fourth-order valence-corrected chi connectivity index (χ4v) is 2.33. The van der Waals surface area contributed by atoms with E-state index in [4.69, 9.17) is 9.68 Å². The molecular weight excluding hydrogens is 387 g/mol. The number of aromatic nitrogens is 2. The number of amides is 1. The summed E-state index contributed by atoms with van der Waals surface area (Å²) >= 11 is 0. The van der Waals surface area contributed by atoms with E-state index in [0.29, 0.717) is 28.6 Å². The van der Waals surface area contributed by atoms with Crippen molar-refractivity contribution in [1.29, 1.82) is 5.26 Å². The van der Waals surface area contributed by atoms with E-state index >= 15 is 0 Å². The van der Waals surface area contributed by atoms with Crippen molar-refractivity contribution < 1.29 is 22.4 Å². The quantitative estimate of drug-likeness (QED) is 0.655. The summed E-state index contributed by atoms with van der Waals surface area (Å²) in [6.07, 6.45) is -4.46. The summed E-state index contributed by atoms with van der Waals surface area (Å²) in [6, 6.07) is 14.6. The number of nitrogens with zero attached hydrogens (tertiary/aromatic N) is 3. The predicted octanol–water partition coefficient (Wildman–Crippen LogP) is 3.51. The van der Waals surface area contributed by atoms with Crippen molar-refractivity contribution in [3.8, 4) is 17.5 Å². The molecule has 2 N–H and O–H groups in total. The summed E-state index contributed by atoms with van der Waals surface area (Å²) in [4.78, 5) is 11.7. The molecule has 2 aromatic carbocycles. The molecule has 0 saturated heterocycles. The molecule has 1 amide bonds. The zero-order chi connectivity index (χ0) is 20.9. The van der Waals surface area contributed by atoms with E-state index in [1.165, 1.54) is 12.1 Å². The van der Waals surface area contributed by atoms with Crippen molar-refractivity contribution in [2.45, 2.75) is 12.7 Å². The smallest absolute Gasteiger partial charge is 0.405 e. The molecule has 0 radical (unpaired) electrons. The monoisotopic (exact) mass is 401 g/mol. The highest BCUT2D eigenvalue weighted by molar-refractivity contribution is 5.94. The maximum Gasteiger partial charge on any atom is 0.405 e. The van der Waals surface area contributed by atoms with Gasteiger partial charge in [0.25, 0.3) is 5.91 Å². The predicted molar refractivity (Wildman–Crippen MR) is 96.6 cm³/mol. The van der Waals surface area contributed by atoms with E-state index < -0.39 is 18.6 Å². The number of nitrogens with one attached hydrogen (secondary N) is 2. The number of alkyl halides is 3. The van der Waals surface area contributed by atoms with Crippen molar-refractivity contribution in [1.82, 2.24) is 15.5 Å². The molecule has 7 nitrogen and oxygen atoms in total. The summed E-state index contributed by atoms with van der Waals surface area (Å²) in [5, 5.41) is 21.5. The summed E-state index contributed by atoms with van der Waals surface area (Å²) in [6.45, 7) is -1.17. The molecule has 0 unspecified atom stereocenters. The van der Waals surface area contributed by atoms with Gasteiger partial charge >= 0.3 is 6.18 Å². The Morgan fingerprint density at radius 2 is 1.76 bits per heavy atom. The van der Waals surface area contributed by atoms with Crippen LogP contribution in [-0.2, 0) is 6.54 Å². The molecule has 29 heavy (non-hydrogen) atoms. The number of benzene rings is 2. The van der Waals surface area contributed by atoms with Gasteiger partial charge in [-0.15, -0.1) is 10.2 Å². The molecule has 0 bridgehead atoms. The molecule has 3 aromatic rings. The standard InChI is InChI=1S/C19H14F3N5O2/c20-19(21,22)11-25-17(28)13-5-7-15(8-6-13)24-10-16-26-27-18(29-16)14-3-1-12(9-23)2-4-14/h1-8,24H,10-11H2,(H,25,28). The van der Waals surface area contributed by atoms with Crippen molar-refractivity contribution in [2.75, 3.05) is 11.9 Å². The third-order valence-electron chi connectivity index (χ3n) is 3.77. The molecule has 0 saturated carbocycles. The van der Waals surface area contributed by atoms with Gasteiger partial charge in [-0.2, -0.15) is 18.4 Å². The topological polar surface area (TPSA) is 104 Å². The minimum atomic E-state index is -4.46. The first-order chi connectivity index (χ1) is 13.8. The van der Waals surface area contributed by atoms with Crippen LogP contribution in [0.15, 0.2) is 52.9 Å². The second-order valence-electron chi connectivity index (χ2n) is 5.92. The lowest BCUT2D eigenvalue weighted by Crippen LogP contribution is -2.33. The van der Waals surface area contributed by atoms with Gasteiger partial charge < -0.3 is 15.1 Å². The number of carbonyl (C=O) groups is 1. The molecule has 1 aromatic heterocycles. The van der Waals surface area contributed by atoms with Crippen molar-refractivity contribution in [2.24, 2.45) is 0 Å². The first kappa shape index (κ1) is 19.9. The van der Waals surface area contributed by atoms with Crippen LogP contribution < -0.4 is 10.6 Å². The van der Waals surface area contributed by atoms with E-state index in [2.05, 4.69) is 15.5 Å². The molecule has 148 valence electrons. The number of hydrogen-bond donors (Lipinski definition) is 2. The lowest BCUT2D eigenvalue weighted by atomic mass is 10.1. The molecule has 3 rings (SSSR count). The van der Waals surface area contributed by atoms with Crippen LogP contribution in [0.25, 0.3) is 11.5 Å². The molecule has 0 aliphatic carbocycles. The fraction of sp³-hybridized carbons (Fsp3) is 0.158. The van der Waals surface area contributed by atoms with Gasteiger partial charge in [0.1, 0.15) is 6.54 Å². The van der Waals surface area contributed by atoms with E-state index in [1.807, 2.05) is 6.07 Å². The lowest BCUT2D eigenvalue weighted by molar-refractivity contribution is -0.123. The van der Waals surface area contributed by atoms with Gasteiger partial charge in [0.05, 0.1) is 18.2 Å². The molecule has 0 atom stereocenters. The van der Waals surface area contributed by atoms with Gasteiger partial charge in [0, 0.05) is 16.8 Å². The number of nitriles is 1. The molecule has 10 heteroatoms. The van der Waals surface area contributed by atoms with Crippen LogP contribution in [0.4, 0.5) is 18.9 Å². The molecular formula is C19H14F3N5O2. The number of anilines is 1. The zero-order valence-corrected chi connectivity index (χ0v) is 14.8. The number of halogens is 3. The number of rotatable bonds is 6. The Kier molecular flexibility index (Phi) is 5.78. The van der Waals surface area contributed by atoms with Crippen LogP contribution in [-0.4, -0.2) is 28.8 Å². The second kappa shape index (κ2) is 8.43. The van der Waals surface area contributed by atoms with E-state index in [1.54, 1.807) is 41.7 Å². The van der Waals surface area contributed by atoms with Gasteiger partial charge in [0.2, 0.25) is 11.8 Å². The van der Waals surface area contributed by atoms with Gasteiger partial charge in [-0.25, -0.2) is 0 Å². The lowest BCUT2D eigenvalue weighted by Gasteiger charge is -2.09. The van der Waals surface area contributed by atoms with Crippen LogP contribution in [0, 0.1) is 11.3 Å². The number of carbonyl (C=O) groups excluding carboxylic acids is 1. The number of hydrogen-bond acceptors (Lipinski definition) is 6. The summed E-state index contributed by atoms with van der Waals surface area (Å²) in [5.41, 5.74) is 1.93. The van der Waals surface area contributed by atoms with Crippen LogP contribution in [0.2, 0.25) is 0 Å². The Balaban J connectivity index is 1.56. The van der Waals surface area contributed by atoms with Gasteiger partial charge in [0.15, 0.2) is 0 Å². The SMILES string of the molecule is N#Cc1ccc(-c2nnc(CNc3ccc(C(=O)NCC(F)(F)F)cc3)o2)cc1. The highest BCUT2D eigenvalue weighted by Gasteiger charge is 2.27. The normalized spacial score (nSPS) is 11.0. The Bertz CT molecular complexity index is 1020. The first-order valence-electron chi connectivity index (χ1n) is 8.36. The van der Waals surface area contributed by atoms with Crippen LogP contribution in [0.5, 0.6) is 0 Å². The van der Waals surface area contributed by atoms with Crippen LogP contribution in [0.1, 0.15) is 21.8 Å². The molecule has 0 aliphatic heterocycles. The summed E-state index contributed by atoms with van der Waals surface area (Å²) in [7, 11) is 0. The van der Waals surface area contributed by atoms with Crippen molar-refractivity contribution in [3.05, 3.63) is 65.5 Å².